The Bertz CT molecular complexity index is 895. The van der Waals surface area contributed by atoms with E-state index in [0.717, 1.165) is 22.7 Å². The third kappa shape index (κ3) is 3.15. The van der Waals surface area contributed by atoms with Crippen molar-refractivity contribution in [3.63, 3.8) is 0 Å². The fourth-order valence-corrected chi connectivity index (χ4v) is 9.08. The average molecular weight is 393 g/mol. The maximum atomic E-state index is 6.56. The summed E-state index contributed by atoms with van der Waals surface area (Å²) in [6.07, 6.45) is 0. The summed E-state index contributed by atoms with van der Waals surface area (Å²) in [5, 5.41) is 0. The Hall–Kier alpha value is -1.96. The number of benzene rings is 3. The summed E-state index contributed by atoms with van der Waals surface area (Å²) in [7, 11) is 1.84. The van der Waals surface area contributed by atoms with Gasteiger partial charge in [-0.2, -0.15) is 0 Å². The first-order valence-electron chi connectivity index (χ1n) is 7.76. The summed E-state index contributed by atoms with van der Waals surface area (Å²) >= 11 is -1.83. The van der Waals surface area contributed by atoms with Gasteiger partial charge in [0.15, 0.2) is 0 Å². The molecule has 0 saturated carbocycles. The quantitative estimate of drug-likeness (QED) is 0.559. The van der Waals surface area contributed by atoms with Crippen LogP contribution in [0.15, 0.2) is 88.8 Å². The van der Waals surface area contributed by atoms with Crippen LogP contribution in [-0.4, -0.2) is 19.5 Å². The fourth-order valence-electron chi connectivity index (χ4n) is 2.57. The van der Waals surface area contributed by atoms with Crippen LogP contribution in [0, 0.1) is 0 Å². The van der Waals surface area contributed by atoms with E-state index in [4.69, 9.17) is 8.72 Å². The second-order valence-corrected chi connectivity index (χ2v) is 11.5. The third-order valence-corrected chi connectivity index (χ3v) is 10.5. The van der Waals surface area contributed by atoms with Gasteiger partial charge in [-0.05, 0) is 0 Å². The Kier molecular flexibility index (Phi) is 4.46. The van der Waals surface area contributed by atoms with E-state index in [0.29, 0.717) is 0 Å². The van der Waals surface area contributed by atoms with Crippen LogP contribution in [0.25, 0.3) is 0 Å². The van der Waals surface area contributed by atoms with E-state index in [1.165, 1.54) is 9.25 Å². The van der Waals surface area contributed by atoms with Crippen LogP contribution in [0.1, 0.15) is 12.5 Å². The molecule has 1 unspecified atom stereocenters. The van der Waals surface area contributed by atoms with Crippen molar-refractivity contribution in [2.24, 2.45) is 4.99 Å². The molecule has 0 N–H and O–H groups in total. The van der Waals surface area contributed by atoms with E-state index < -0.39 is 13.8 Å². The number of nitrogens with zero attached hydrogens (tertiary/aromatic N) is 1. The van der Waals surface area contributed by atoms with Gasteiger partial charge >= 0.3 is 150 Å². The second kappa shape index (κ2) is 6.88. The van der Waals surface area contributed by atoms with Gasteiger partial charge in [0.2, 0.25) is 0 Å². The topological polar surface area (TPSA) is 21.6 Å². The van der Waals surface area contributed by atoms with Crippen LogP contribution < -0.4 is 8.08 Å². The maximum absolute atomic E-state index is 6.56. The SMILES string of the molecule is CC1=Nc2ccccc2S[As](c2ccccc2)Oc2ccccc21. The third-order valence-electron chi connectivity index (χ3n) is 3.76. The molecule has 0 amide bonds. The molecule has 3 aromatic rings. The van der Waals surface area contributed by atoms with Crippen molar-refractivity contribution in [3.05, 3.63) is 84.4 Å². The van der Waals surface area contributed by atoms with Gasteiger partial charge < -0.3 is 0 Å². The molecule has 118 valence electrons. The molecule has 24 heavy (non-hydrogen) atoms. The number of rotatable bonds is 1. The molecule has 4 heteroatoms. The summed E-state index contributed by atoms with van der Waals surface area (Å²) < 4.78 is 7.85. The number of aliphatic imine (C=N–C) groups is 1. The fraction of sp³-hybridized carbons (Fsp3) is 0.0500. The van der Waals surface area contributed by atoms with E-state index in [9.17, 15) is 0 Å². The Morgan fingerprint density at radius 2 is 1.54 bits per heavy atom. The molecule has 0 radical (unpaired) electrons. The molecular weight excluding hydrogens is 377 g/mol. The van der Waals surface area contributed by atoms with Crippen molar-refractivity contribution >= 4 is 39.6 Å². The summed E-state index contributed by atoms with van der Waals surface area (Å²) in [6, 6.07) is 27.1. The molecule has 2 nitrogen and oxygen atoms in total. The van der Waals surface area contributed by atoms with Crippen LogP contribution in [0.5, 0.6) is 5.75 Å². The van der Waals surface area contributed by atoms with E-state index in [1.54, 1.807) is 0 Å². The van der Waals surface area contributed by atoms with Crippen molar-refractivity contribution in [3.8, 4) is 5.75 Å². The van der Waals surface area contributed by atoms with E-state index in [-0.39, 0.29) is 0 Å². The number of para-hydroxylation sites is 2. The Balaban J connectivity index is 1.88. The van der Waals surface area contributed by atoms with Gasteiger partial charge in [-0.1, -0.05) is 0 Å². The molecule has 0 aromatic heterocycles. The first kappa shape index (κ1) is 15.6. The standard InChI is InChI=1S/C20H16AsNOS/c1-15-17-11-5-7-13-19(17)23-21(16-9-3-2-4-10-16)24-20-14-8-6-12-18(20)22-15/h2-14H,1H3. The number of hydrogen-bond donors (Lipinski definition) is 0. The van der Waals surface area contributed by atoms with Crippen LogP contribution >= 0.6 is 10.0 Å². The molecule has 0 saturated heterocycles. The molecule has 4 rings (SSSR count). The van der Waals surface area contributed by atoms with Gasteiger partial charge in [0.1, 0.15) is 0 Å². The summed E-state index contributed by atoms with van der Waals surface area (Å²) in [5.74, 6) is 0.933. The van der Waals surface area contributed by atoms with Gasteiger partial charge in [-0.3, -0.25) is 0 Å². The zero-order valence-corrected chi connectivity index (χ0v) is 15.9. The van der Waals surface area contributed by atoms with Gasteiger partial charge in [0, 0.05) is 0 Å². The zero-order chi connectivity index (χ0) is 16.4. The molecule has 1 aliphatic heterocycles. The zero-order valence-electron chi connectivity index (χ0n) is 13.2. The molecular formula is C20H16AsNOS. The van der Waals surface area contributed by atoms with Crippen LogP contribution in [0.4, 0.5) is 5.69 Å². The van der Waals surface area contributed by atoms with Crippen molar-refractivity contribution in [2.75, 3.05) is 0 Å². The number of hydrogen-bond acceptors (Lipinski definition) is 3. The van der Waals surface area contributed by atoms with Crippen molar-refractivity contribution in [1.29, 1.82) is 0 Å². The van der Waals surface area contributed by atoms with E-state index in [1.807, 2.05) is 34.3 Å². The normalized spacial score (nSPS) is 16.5. The predicted octanol–water partition coefficient (Wildman–Crippen LogP) is 4.71. The molecule has 0 bridgehead atoms. The van der Waals surface area contributed by atoms with Crippen molar-refractivity contribution in [2.45, 2.75) is 11.8 Å². The molecule has 1 heterocycles. The van der Waals surface area contributed by atoms with Gasteiger partial charge in [0.05, 0.1) is 0 Å². The summed E-state index contributed by atoms with van der Waals surface area (Å²) in [5.41, 5.74) is 3.09. The first-order chi connectivity index (χ1) is 11.8. The monoisotopic (exact) mass is 393 g/mol. The van der Waals surface area contributed by atoms with Crippen molar-refractivity contribution in [1.82, 2.24) is 0 Å². The van der Waals surface area contributed by atoms with Crippen LogP contribution in [-0.2, 0) is 0 Å². The predicted molar refractivity (Wildman–Crippen MR) is 103 cm³/mol. The molecule has 0 spiro atoms. The van der Waals surface area contributed by atoms with E-state index in [2.05, 4.69) is 61.5 Å². The first-order valence-corrected chi connectivity index (χ1v) is 12.5. The second-order valence-electron chi connectivity index (χ2n) is 5.44. The minimum absolute atomic E-state index is 0.933. The summed E-state index contributed by atoms with van der Waals surface area (Å²) in [6.45, 7) is 2.05. The van der Waals surface area contributed by atoms with Gasteiger partial charge in [-0.15, -0.1) is 0 Å². The van der Waals surface area contributed by atoms with Crippen LogP contribution in [0.3, 0.4) is 0 Å². The van der Waals surface area contributed by atoms with Crippen molar-refractivity contribution < 1.29 is 3.73 Å². The molecule has 1 aliphatic rings. The summed E-state index contributed by atoms with van der Waals surface area (Å²) in [4.78, 5) is 6.06. The van der Waals surface area contributed by atoms with Gasteiger partial charge in [0.25, 0.3) is 0 Å². The Morgan fingerprint density at radius 3 is 2.42 bits per heavy atom. The molecule has 0 fully saturated rings. The Labute approximate surface area is 150 Å². The number of fused-ring (bicyclic) bond motifs is 2. The minimum atomic E-state index is -1.83. The Morgan fingerprint density at radius 1 is 0.833 bits per heavy atom. The van der Waals surface area contributed by atoms with Gasteiger partial charge in [-0.25, -0.2) is 0 Å². The molecule has 1 atom stereocenters. The molecule has 3 aromatic carbocycles. The average Bonchev–Trinajstić information content (AvgIpc) is 2.69. The van der Waals surface area contributed by atoms with E-state index >= 15 is 0 Å². The van der Waals surface area contributed by atoms with Crippen LogP contribution in [0.2, 0.25) is 0 Å². The molecule has 0 aliphatic carbocycles.